The molecular weight excluding hydrogens is 365 g/mol. The Morgan fingerprint density at radius 2 is 1.28 bits per heavy atom. The number of benzene rings is 1. The summed E-state index contributed by atoms with van der Waals surface area (Å²) in [5, 5.41) is 0. The smallest absolute Gasteiger partial charge is 0.460 e. The average Bonchev–Trinajstić information content (AvgIpc) is 2.51. The molecule has 0 unspecified atom stereocenters. The summed E-state index contributed by atoms with van der Waals surface area (Å²) < 4.78 is 100. The molecule has 4 nitrogen and oxygen atoms in total. The van der Waals surface area contributed by atoms with Gasteiger partial charge >= 0.3 is 30.0 Å². The van der Waals surface area contributed by atoms with E-state index in [0.717, 1.165) is 14.0 Å². The second-order valence-corrected chi connectivity index (χ2v) is 4.84. The van der Waals surface area contributed by atoms with Gasteiger partial charge in [-0.1, -0.05) is 0 Å². The van der Waals surface area contributed by atoms with Gasteiger partial charge in [0.1, 0.15) is 0 Å². The molecule has 1 aromatic carbocycles. The van der Waals surface area contributed by atoms with E-state index in [9.17, 15) is 40.3 Å². The molecule has 1 aromatic rings. The highest BCUT2D eigenvalue weighted by molar-refractivity contribution is 5.97. The molecule has 0 radical (unpaired) electrons. The van der Waals surface area contributed by atoms with Crippen molar-refractivity contribution in [2.24, 2.45) is 0 Å². The van der Waals surface area contributed by atoms with Crippen LogP contribution in [0.5, 0.6) is 0 Å². The summed E-state index contributed by atoms with van der Waals surface area (Å²) in [5.74, 6) is -15.0. The van der Waals surface area contributed by atoms with Gasteiger partial charge in [0.2, 0.25) is 0 Å². The van der Waals surface area contributed by atoms with Crippen molar-refractivity contribution in [1.29, 1.82) is 0 Å². The first-order valence-corrected chi connectivity index (χ1v) is 6.36. The van der Waals surface area contributed by atoms with E-state index in [2.05, 4.69) is 9.47 Å². The van der Waals surface area contributed by atoms with E-state index in [0.29, 0.717) is 13.2 Å². The Morgan fingerprint density at radius 3 is 1.68 bits per heavy atom. The van der Waals surface area contributed by atoms with Crippen LogP contribution in [0.15, 0.2) is 12.1 Å². The van der Waals surface area contributed by atoms with Crippen LogP contribution in [0, 0.1) is 6.92 Å². The molecule has 0 N–H and O–H groups in total. The van der Waals surface area contributed by atoms with Crippen molar-refractivity contribution in [2.45, 2.75) is 24.9 Å². The summed E-state index contributed by atoms with van der Waals surface area (Å²) in [4.78, 5) is 23.1. The predicted molar refractivity (Wildman–Crippen MR) is 68.8 cm³/mol. The maximum absolute atomic E-state index is 14.0. The van der Waals surface area contributed by atoms with Crippen LogP contribution < -0.4 is 0 Å². The third-order valence-electron chi connectivity index (χ3n) is 3.26. The summed E-state index contributed by atoms with van der Waals surface area (Å²) in [6.07, 6.45) is -6.58. The molecule has 0 spiro atoms. The Kier molecular flexibility index (Phi) is 5.41. The molecule has 0 aliphatic carbocycles. The molecule has 0 saturated heterocycles. The van der Waals surface area contributed by atoms with Gasteiger partial charge in [-0.15, -0.1) is 0 Å². The standard InChI is InChI=1S/C14H11F7O4/c1-6-4-9(12(15,16)13(17,18)14(19,20)21)8(11(23)25-3)5-7(6)10(22)24-2/h4-5H,1-3H3. The molecule has 1 rings (SSSR count). The van der Waals surface area contributed by atoms with E-state index in [1.807, 2.05) is 0 Å². The quantitative estimate of drug-likeness (QED) is 0.592. The fourth-order valence-corrected chi connectivity index (χ4v) is 1.92. The molecule has 0 aliphatic rings. The van der Waals surface area contributed by atoms with Gasteiger partial charge in [-0.05, 0) is 24.6 Å². The van der Waals surface area contributed by atoms with Crippen LogP contribution in [0.4, 0.5) is 30.7 Å². The van der Waals surface area contributed by atoms with Crippen molar-refractivity contribution in [2.75, 3.05) is 14.2 Å². The lowest BCUT2D eigenvalue weighted by Crippen LogP contribution is -2.50. The summed E-state index contributed by atoms with van der Waals surface area (Å²) in [5.41, 5.74) is -4.11. The van der Waals surface area contributed by atoms with E-state index in [1.165, 1.54) is 0 Å². The summed E-state index contributed by atoms with van der Waals surface area (Å²) in [6.45, 7) is 0.999. The van der Waals surface area contributed by atoms with Crippen LogP contribution in [0.1, 0.15) is 31.8 Å². The number of esters is 2. The number of rotatable bonds is 4. The topological polar surface area (TPSA) is 52.6 Å². The minimum Gasteiger partial charge on any atom is -0.465 e. The largest absolute Gasteiger partial charge is 0.465 e. The number of ether oxygens (including phenoxy) is 2. The minimum absolute atomic E-state index is 0.193. The first-order valence-electron chi connectivity index (χ1n) is 6.36. The first-order chi connectivity index (χ1) is 11.2. The zero-order chi connectivity index (χ0) is 19.8. The zero-order valence-electron chi connectivity index (χ0n) is 12.9. The fourth-order valence-electron chi connectivity index (χ4n) is 1.92. The van der Waals surface area contributed by atoms with Crippen LogP contribution in [0.25, 0.3) is 0 Å². The molecule has 0 aromatic heterocycles. The number of methoxy groups -OCH3 is 2. The van der Waals surface area contributed by atoms with Crippen molar-refractivity contribution < 1.29 is 49.8 Å². The zero-order valence-corrected chi connectivity index (χ0v) is 12.9. The molecular formula is C14H11F7O4. The van der Waals surface area contributed by atoms with Gasteiger partial charge in [0, 0.05) is 5.56 Å². The Balaban J connectivity index is 3.77. The lowest BCUT2D eigenvalue weighted by molar-refractivity contribution is -0.359. The molecule has 0 atom stereocenters. The summed E-state index contributed by atoms with van der Waals surface area (Å²) >= 11 is 0. The highest BCUT2D eigenvalue weighted by atomic mass is 19.4. The third-order valence-corrected chi connectivity index (χ3v) is 3.26. The first kappa shape index (κ1) is 20.7. The Morgan fingerprint density at radius 1 is 0.840 bits per heavy atom. The van der Waals surface area contributed by atoms with Crippen molar-refractivity contribution in [3.05, 3.63) is 34.4 Å². The summed E-state index contributed by atoms with van der Waals surface area (Å²) in [6, 6.07) is 0.612. The van der Waals surface area contributed by atoms with Crippen LogP contribution >= 0.6 is 0 Å². The molecule has 0 bridgehead atoms. The van der Waals surface area contributed by atoms with E-state index in [-0.39, 0.29) is 6.07 Å². The molecule has 0 aliphatic heterocycles. The SMILES string of the molecule is COC(=O)c1cc(C(=O)OC)c(C(F)(F)C(F)(F)C(F)(F)F)cc1C. The second-order valence-electron chi connectivity index (χ2n) is 4.84. The minimum atomic E-state index is -6.58. The van der Waals surface area contributed by atoms with Crippen LogP contribution in [0.3, 0.4) is 0 Å². The molecule has 140 valence electrons. The monoisotopic (exact) mass is 376 g/mol. The maximum Gasteiger partial charge on any atom is 0.460 e. The van der Waals surface area contributed by atoms with Crippen molar-refractivity contribution >= 4 is 11.9 Å². The normalized spacial score (nSPS) is 12.7. The summed E-state index contributed by atoms with van der Waals surface area (Å²) in [7, 11) is 1.61. The van der Waals surface area contributed by atoms with Gasteiger partial charge in [0.25, 0.3) is 0 Å². The number of carbonyl (C=O) groups excluding carboxylic acids is 2. The third kappa shape index (κ3) is 3.40. The van der Waals surface area contributed by atoms with Gasteiger partial charge < -0.3 is 9.47 Å². The van der Waals surface area contributed by atoms with Crippen molar-refractivity contribution in [3.63, 3.8) is 0 Å². The predicted octanol–water partition coefficient (Wildman–Crippen LogP) is 3.86. The number of carbonyl (C=O) groups is 2. The molecule has 11 heteroatoms. The number of hydrogen-bond acceptors (Lipinski definition) is 4. The lowest BCUT2D eigenvalue weighted by Gasteiger charge is -2.29. The Labute approximate surface area is 136 Å². The number of aryl methyl sites for hydroxylation is 1. The lowest BCUT2D eigenvalue weighted by atomic mass is 9.92. The molecule has 0 heterocycles. The Bertz CT molecular complexity index is 695. The number of halogens is 7. The van der Waals surface area contributed by atoms with Crippen molar-refractivity contribution in [1.82, 2.24) is 0 Å². The number of alkyl halides is 7. The average molecular weight is 376 g/mol. The molecule has 0 saturated carbocycles. The highest BCUT2D eigenvalue weighted by Crippen LogP contribution is 2.52. The second kappa shape index (κ2) is 6.52. The highest BCUT2D eigenvalue weighted by Gasteiger charge is 2.74. The fraction of sp³-hybridized carbons (Fsp3) is 0.429. The van der Waals surface area contributed by atoms with E-state index >= 15 is 0 Å². The Hall–Kier alpha value is -2.33. The van der Waals surface area contributed by atoms with Crippen molar-refractivity contribution in [3.8, 4) is 0 Å². The van der Waals surface area contributed by atoms with Crippen LogP contribution in [-0.4, -0.2) is 38.3 Å². The van der Waals surface area contributed by atoms with Gasteiger partial charge in [0.05, 0.1) is 25.3 Å². The number of hydrogen-bond donors (Lipinski definition) is 0. The van der Waals surface area contributed by atoms with Gasteiger partial charge in [-0.3, -0.25) is 0 Å². The van der Waals surface area contributed by atoms with Gasteiger partial charge in [-0.2, -0.15) is 30.7 Å². The van der Waals surface area contributed by atoms with E-state index in [4.69, 9.17) is 0 Å². The molecule has 0 fully saturated rings. The molecule has 25 heavy (non-hydrogen) atoms. The van der Waals surface area contributed by atoms with E-state index in [1.54, 1.807) is 0 Å². The van der Waals surface area contributed by atoms with Crippen LogP contribution in [0.2, 0.25) is 0 Å². The molecule has 0 amide bonds. The maximum atomic E-state index is 14.0. The van der Waals surface area contributed by atoms with Gasteiger partial charge in [-0.25, -0.2) is 9.59 Å². The van der Waals surface area contributed by atoms with Gasteiger partial charge in [0.15, 0.2) is 0 Å². The van der Waals surface area contributed by atoms with E-state index < -0.39 is 52.2 Å². The van der Waals surface area contributed by atoms with Crippen LogP contribution in [-0.2, 0) is 15.4 Å².